The van der Waals surface area contributed by atoms with Crippen LogP contribution in [-0.2, 0) is 16.1 Å². The molecule has 10 heteroatoms. The van der Waals surface area contributed by atoms with Crippen LogP contribution in [0.15, 0.2) is 27.4 Å². The molecule has 1 aromatic heterocycles. The number of aromatic nitrogens is 1. The summed E-state index contributed by atoms with van der Waals surface area (Å²) < 4.78 is 6.34. The summed E-state index contributed by atoms with van der Waals surface area (Å²) in [7, 11) is 0. The van der Waals surface area contributed by atoms with E-state index in [0.717, 1.165) is 0 Å². The maximum Gasteiger partial charge on any atom is 0.419 e. The monoisotopic (exact) mass is 363 g/mol. The van der Waals surface area contributed by atoms with E-state index >= 15 is 0 Å². The number of hydrogen-bond acceptors (Lipinski definition) is 6. The van der Waals surface area contributed by atoms with Gasteiger partial charge in [-0.1, -0.05) is 0 Å². The number of benzene rings is 1. The first-order chi connectivity index (χ1) is 12.4. The Kier molecular flexibility index (Phi) is 4.74. The molecule has 1 amide bonds. The fraction of sp³-hybridized carbons (Fsp3) is 0.438. The number of nitro groups is 1. The number of nitro benzene ring substituents is 1. The minimum absolute atomic E-state index is 0.107. The van der Waals surface area contributed by atoms with Crippen molar-refractivity contribution in [2.75, 3.05) is 6.54 Å². The van der Waals surface area contributed by atoms with Crippen LogP contribution in [0.1, 0.15) is 25.7 Å². The van der Waals surface area contributed by atoms with Crippen molar-refractivity contribution in [3.05, 3.63) is 38.9 Å². The molecule has 26 heavy (non-hydrogen) atoms. The summed E-state index contributed by atoms with van der Waals surface area (Å²) in [5.74, 6) is -1.92. The fourth-order valence-corrected chi connectivity index (χ4v) is 3.23. The lowest BCUT2D eigenvalue weighted by atomic mass is 10.2. The number of carboxylic acid groups (broad SMARTS) is 1. The van der Waals surface area contributed by atoms with Crippen molar-refractivity contribution in [1.29, 1.82) is 0 Å². The molecule has 0 bridgehead atoms. The van der Waals surface area contributed by atoms with Gasteiger partial charge in [0.1, 0.15) is 6.04 Å². The third-order valence-corrected chi connectivity index (χ3v) is 4.49. The Hall–Kier alpha value is -3.17. The molecule has 0 aliphatic carbocycles. The quantitative estimate of drug-likeness (QED) is 0.604. The summed E-state index contributed by atoms with van der Waals surface area (Å²) in [6, 6.07) is 3.11. The maximum atomic E-state index is 12.2. The molecule has 0 saturated carbocycles. The third-order valence-electron chi connectivity index (χ3n) is 4.49. The van der Waals surface area contributed by atoms with Gasteiger partial charge in [-0.15, -0.1) is 0 Å². The average Bonchev–Trinajstić information content (AvgIpc) is 3.19. The number of aryl methyl sites for hydroxylation is 1. The van der Waals surface area contributed by atoms with Crippen molar-refractivity contribution >= 4 is 28.7 Å². The van der Waals surface area contributed by atoms with Crippen LogP contribution < -0.4 is 5.76 Å². The molecule has 1 aliphatic heterocycles. The fourth-order valence-electron chi connectivity index (χ4n) is 3.23. The number of carboxylic acids is 1. The molecular weight excluding hydrogens is 346 g/mol. The van der Waals surface area contributed by atoms with Crippen LogP contribution in [-0.4, -0.2) is 44.0 Å². The van der Waals surface area contributed by atoms with Crippen LogP contribution in [0, 0.1) is 10.1 Å². The van der Waals surface area contributed by atoms with E-state index in [1.807, 2.05) is 0 Å². The second-order valence-electron chi connectivity index (χ2n) is 6.12. The van der Waals surface area contributed by atoms with Gasteiger partial charge in [0.25, 0.3) is 5.69 Å². The Balaban J connectivity index is 1.67. The van der Waals surface area contributed by atoms with Crippen LogP contribution in [0.25, 0.3) is 11.1 Å². The van der Waals surface area contributed by atoms with Crippen LogP contribution in [0.5, 0.6) is 0 Å². The van der Waals surface area contributed by atoms with Crippen molar-refractivity contribution in [1.82, 2.24) is 9.47 Å². The van der Waals surface area contributed by atoms with Crippen LogP contribution in [0.4, 0.5) is 5.69 Å². The second kappa shape index (κ2) is 6.98. The Bertz CT molecular complexity index is 930. The Labute approximate surface area is 146 Å². The number of carbonyl (C=O) groups excluding carboxylic acids is 1. The molecule has 1 aromatic carbocycles. The van der Waals surface area contributed by atoms with Gasteiger partial charge < -0.3 is 14.4 Å². The number of likely N-dealkylation sites (tertiary alicyclic amines) is 1. The number of amides is 1. The molecular formula is C16H17N3O7. The molecule has 1 N–H and O–H groups in total. The lowest BCUT2D eigenvalue weighted by Gasteiger charge is -2.21. The Morgan fingerprint density at radius 3 is 2.85 bits per heavy atom. The van der Waals surface area contributed by atoms with Gasteiger partial charge in [0.15, 0.2) is 5.58 Å². The standard InChI is InChI=1S/C16H17N3O7/c20-14(17-7-1-3-12(17)15(21)22)4-2-8-18-11-6-5-10(19(24)25)9-13(11)26-16(18)23/h5-6,9,12H,1-4,7-8H2,(H,21,22)/t12-/m1/s1. The van der Waals surface area contributed by atoms with Crippen molar-refractivity contribution in [2.24, 2.45) is 0 Å². The predicted molar refractivity (Wildman–Crippen MR) is 88.7 cm³/mol. The first-order valence-electron chi connectivity index (χ1n) is 8.18. The molecule has 1 saturated heterocycles. The van der Waals surface area contributed by atoms with Gasteiger partial charge in [-0.05, 0) is 25.3 Å². The summed E-state index contributed by atoms with van der Waals surface area (Å²) in [5, 5.41) is 19.9. The average molecular weight is 363 g/mol. The number of nitrogens with zero attached hydrogens (tertiary/aromatic N) is 3. The zero-order valence-electron chi connectivity index (χ0n) is 13.8. The zero-order valence-corrected chi connectivity index (χ0v) is 13.8. The first kappa shape index (κ1) is 17.6. The van der Waals surface area contributed by atoms with Gasteiger partial charge in [-0.25, -0.2) is 9.59 Å². The molecule has 10 nitrogen and oxygen atoms in total. The molecule has 0 spiro atoms. The smallest absolute Gasteiger partial charge is 0.419 e. The topological polar surface area (TPSA) is 136 Å². The Morgan fingerprint density at radius 2 is 2.15 bits per heavy atom. The minimum atomic E-state index is -1.01. The van der Waals surface area contributed by atoms with E-state index in [4.69, 9.17) is 9.52 Å². The summed E-state index contributed by atoms with van der Waals surface area (Å²) in [6.45, 7) is 0.620. The molecule has 2 heterocycles. The van der Waals surface area contributed by atoms with Crippen LogP contribution >= 0.6 is 0 Å². The van der Waals surface area contributed by atoms with E-state index in [-0.39, 0.29) is 30.1 Å². The number of rotatable bonds is 6. The van der Waals surface area contributed by atoms with Crippen LogP contribution in [0.2, 0.25) is 0 Å². The normalized spacial score (nSPS) is 16.9. The van der Waals surface area contributed by atoms with E-state index in [9.17, 15) is 24.5 Å². The first-order valence-corrected chi connectivity index (χ1v) is 8.18. The number of aliphatic carboxylic acids is 1. The molecule has 1 aliphatic rings. The third kappa shape index (κ3) is 3.30. The Morgan fingerprint density at radius 1 is 1.38 bits per heavy atom. The highest BCUT2D eigenvalue weighted by Gasteiger charge is 2.33. The summed E-state index contributed by atoms with van der Waals surface area (Å²) in [4.78, 5) is 46.9. The number of carbonyl (C=O) groups is 2. The predicted octanol–water partition coefficient (Wildman–Crippen LogP) is 1.36. The van der Waals surface area contributed by atoms with Gasteiger partial charge in [0.05, 0.1) is 16.5 Å². The minimum Gasteiger partial charge on any atom is -0.480 e. The maximum absolute atomic E-state index is 12.2. The lowest BCUT2D eigenvalue weighted by molar-refractivity contribution is -0.384. The van der Waals surface area contributed by atoms with Crippen molar-refractivity contribution in [2.45, 2.75) is 38.3 Å². The van der Waals surface area contributed by atoms with Gasteiger partial charge in [0.2, 0.25) is 5.91 Å². The molecule has 1 atom stereocenters. The highest BCUT2D eigenvalue weighted by Crippen LogP contribution is 2.21. The number of hydrogen-bond donors (Lipinski definition) is 1. The van der Waals surface area contributed by atoms with E-state index in [0.29, 0.717) is 31.3 Å². The summed E-state index contributed by atoms with van der Waals surface area (Å²) >= 11 is 0. The zero-order chi connectivity index (χ0) is 18.8. The van der Waals surface area contributed by atoms with Crippen molar-refractivity contribution in [3.8, 4) is 0 Å². The molecule has 3 rings (SSSR count). The van der Waals surface area contributed by atoms with Gasteiger partial charge >= 0.3 is 11.7 Å². The number of oxazole rings is 1. The van der Waals surface area contributed by atoms with E-state index in [1.54, 1.807) is 0 Å². The molecule has 0 radical (unpaired) electrons. The molecule has 138 valence electrons. The molecule has 2 aromatic rings. The van der Waals surface area contributed by atoms with Crippen molar-refractivity contribution in [3.63, 3.8) is 0 Å². The van der Waals surface area contributed by atoms with E-state index < -0.39 is 22.7 Å². The van der Waals surface area contributed by atoms with Gasteiger partial charge in [0, 0.05) is 25.6 Å². The van der Waals surface area contributed by atoms with Crippen molar-refractivity contribution < 1.29 is 24.0 Å². The van der Waals surface area contributed by atoms with E-state index in [1.165, 1.54) is 27.7 Å². The second-order valence-corrected chi connectivity index (χ2v) is 6.12. The van der Waals surface area contributed by atoms with Gasteiger partial charge in [-0.2, -0.15) is 0 Å². The van der Waals surface area contributed by atoms with Gasteiger partial charge in [-0.3, -0.25) is 19.5 Å². The SMILES string of the molecule is O=C(O)[C@H]1CCCN1C(=O)CCCn1c(=O)oc2cc([N+](=O)[O-])ccc21. The summed E-state index contributed by atoms with van der Waals surface area (Å²) in [5.41, 5.74) is 0.348. The number of non-ortho nitro benzene ring substituents is 1. The highest BCUT2D eigenvalue weighted by atomic mass is 16.6. The summed E-state index contributed by atoms with van der Waals surface area (Å²) in [6.07, 6.45) is 1.54. The molecule has 1 fully saturated rings. The molecule has 0 unspecified atom stereocenters. The number of fused-ring (bicyclic) bond motifs is 1. The van der Waals surface area contributed by atoms with E-state index in [2.05, 4.69) is 0 Å². The lowest BCUT2D eigenvalue weighted by Crippen LogP contribution is -2.40. The van der Waals surface area contributed by atoms with Crippen LogP contribution in [0.3, 0.4) is 0 Å². The highest BCUT2D eigenvalue weighted by molar-refractivity contribution is 5.84. The largest absolute Gasteiger partial charge is 0.480 e.